The summed E-state index contributed by atoms with van der Waals surface area (Å²) in [4.78, 5) is 0. The van der Waals surface area contributed by atoms with Gasteiger partial charge in [-0.25, -0.2) is 0 Å². The summed E-state index contributed by atoms with van der Waals surface area (Å²) in [7, 11) is 1.38. The van der Waals surface area contributed by atoms with Crippen LogP contribution in [-0.2, 0) is 0 Å². The van der Waals surface area contributed by atoms with Crippen molar-refractivity contribution in [2.24, 2.45) is 0 Å². The molecule has 0 bridgehead atoms. The summed E-state index contributed by atoms with van der Waals surface area (Å²) in [5.74, 6) is 0. The maximum atomic E-state index is 2.35. The van der Waals surface area contributed by atoms with Gasteiger partial charge in [0.2, 0.25) is 0 Å². The van der Waals surface area contributed by atoms with E-state index < -0.39 is 0 Å². The molecule has 1 fully saturated rings. The average Bonchev–Trinajstić information content (AvgIpc) is 1.55. The fraction of sp³-hybridized carbons (Fsp3) is 0.667. The zero-order chi connectivity index (χ0) is 5.11. The Morgan fingerprint density at radius 1 is 1.86 bits per heavy atom. The molecule has 0 aromatic carbocycles. The van der Waals surface area contributed by atoms with E-state index in [-0.39, 0.29) is 0 Å². The first-order chi connectivity index (χ1) is 3.43. The van der Waals surface area contributed by atoms with Gasteiger partial charge in [0, 0.05) is 0 Å². The second-order valence-electron chi connectivity index (χ2n) is 2.12. The van der Waals surface area contributed by atoms with Crippen LogP contribution in [0.1, 0.15) is 19.8 Å². The number of allylic oxidation sites excluding steroid dienone is 2. The Labute approximate surface area is 45.9 Å². The van der Waals surface area contributed by atoms with E-state index in [2.05, 4.69) is 13.0 Å². The summed E-state index contributed by atoms with van der Waals surface area (Å²) in [6, 6.07) is 0. The topological polar surface area (TPSA) is 0 Å². The molecule has 7 heavy (non-hydrogen) atoms. The van der Waals surface area contributed by atoms with Gasteiger partial charge in [0.1, 0.15) is 0 Å². The maximum Gasteiger partial charge on any atom is 0.152 e. The lowest BCUT2D eigenvalue weighted by molar-refractivity contribution is 1.06. The molecule has 1 heterocycles. The van der Waals surface area contributed by atoms with Crippen LogP contribution in [-0.4, -0.2) is 7.28 Å². The monoisotopic (exact) mass is 94.1 g/mol. The number of rotatable bonds is 1. The van der Waals surface area contributed by atoms with E-state index in [0.29, 0.717) is 0 Å². The molecule has 0 amide bonds. The average molecular weight is 94.0 g/mol. The Kier molecular flexibility index (Phi) is 1.56. The number of hydrogen-bond acceptors (Lipinski definition) is 0. The quantitative estimate of drug-likeness (QED) is 0.432. The molecule has 38 valence electrons. The van der Waals surface area contributed by atoms with Gasteiger partial charge < -0.3 is 0 Å². The van der Waals surface area contributed by atoms with E-state index in [9.17, 15) is 0 Å². The molecule has 1 saturated heterocycles. The largest absolute Gasteiger partial charge is 0.152 e. The molecule has 0 aliphatic carbocycles. The fourth-order valence-corrected chi connectivity index (χ4v) is 0.874. The highest BCUT2D eigenvalue weighted by atomic mass is 13.9. The minimum atomic E-state index is 1.23. The standard InChI is InChI=1S/C6H11B/c1-2-3-6-4-5-7-6/h3,7H,2,4-5H2,1H3/b6-3+. The van der Waals surface area contributed by atoms with Crippen LogP contribution in [0.15, 0.2) is 11.5 Å². The normalized spacial score (nSPS) is 23.9. The summed E-state index contributed by atoms with van der Waals surface area (Å²) in [6.45, 7) is 2.20. The summed E-state index contributed by atoms with van der Waals surface area (Å²) < 4.78 is 0. The van der Waals surface area contributed by atoms with Crippen molar-refractivity contribution >= 4 is 7.28 Å². The minimum Gasteiger partial charge on any atom is -0.110 e. The fourth-order valence-electron chi connectivity index (χ4n) is 0.874. The van der Waals surface area contributed by atoms with Gasteiger partial charge in [-0.15, -0.1) is 5.47 Å². The Hall–Kier alpha value is -0.195. The van der Waals surface area contributed by atoms with Crippen molar-refractivity contribution < 1.29 is 0 Å². The summed E-state index contributed by atoms with van der Waals surface area (Å²) >= 11 is 0. The third-order valence-electron chi connectivity index (χ3n) is 1.49. The third-order valence-corrected chi connectivity index (χ3v) is 1.49. The third kappa shape index (κ3) is 1.08. The van der Waals surface area contributed by atoms with Crippen molar-refractivity contribution in [1.82, 2.24) is 0 Å². The van der Waals surface area contributed by atoms with Gasteiger partial charge in [-0.1, -0.05) is 19.3 Å². The van der Waals surface area contributed by atoms with Gasteiger partial charge in [0.05, 0.1) is 0 Å². The SMILES string of the molecule is CC/C=C1/BCC1. The second kappa shape index (κ2) is 2.20. The van der Waals surface area contributed by atoms with Crippen molar-refractivity contribution in [2.75, 3.05) is 0 Å². The summed E-state index contributed by atoms with van der Waals surface area (Å²) in [5, 5.41) is 0. The molecule has 0 saturated carbocycles. The molecule has 0 aromatic rings. The molecule has 0 unspecified atom stereocenters. The zero-order valence-electron chi connectivity index (χ0n) is 4.91. The molecule has 0 spiro atoms. The van der Waals surface area contributed by atoms with Gasteiger partial charge >= 0.3 is 0 Å². The first-order valence-electron chi connectivity index (χ1n) is 3.11. The predicted molar refractivity (Wildman–Crippen MR) is 34.9 cm³/mol. The second-order valence-corrected chi connectivity index (χ2v) is 2.12. The van der Waals surface area contributed by atoms with Crippen LogP contribution in [0.25, 0.3) is 0 Å². The highest BCUT2D eigenvalue weighted by Crippen LogP contribution is 2.16. The lowest BCUT2D eigenvalue weighted by atomic mass is 9.52. The highest BCUT2D eigenvalue weighted by Gasteiger charge is 2.07. The van der Waals surface area contributed by atoms with E-state index in [4.69, 9.17) is 0 Å². The first-order valence-corrected chi connectivity index (χ1v) is 3.11. The molecule has 0 aromatic heterocycles. The van der Waals surface area contributed by atoms with E-state index in [1.165, 1.54) is 26.4 Å². The van der Waals surface area contributed by atoms with E-state index >= 15 is 0 Å². The van der Waals surface area contributed by atoms with Crippen molar-refractivity contribution in [3.63, 3.8) is 0 Å². The van der Waals surface area contributed by atoms with Gasteiger partial charge in [-0.05, 0) is 12.8 Å². The van der Waals surface area contributed by atoms with Crippen LogP contribution in [0.4, 0.5) is 0 Å². The van der Waals surface area contributed by atoms with Crippen LogP contribution >= 0.6 is 0 Å². The van der Waals surface area contributed by atoms with Crippen LogP contribution in [0.5, 0.6) is 0 Å². The van der Waals surface area contributed by atoms with Crippen LogP contribution in [0.2, 0.25) is 6.32 Å². The lowest BCUT2D eigenvalue weighted by Gasteiger charge is -2.13. The summed E-state index contributed by atoms with van der Waals surface area (Å²) in [5.41, 5.74) is 1.68. The van der Waals surface area contributed by atoms with E-state index in [0.717, 1.165) is 0 Å². The maximum absolute atomic E-state index is 2.35. The van der Waals surface area contributed by atoms with Gasteiger partial charge in [0.15, 0.2) is 7.28 Å². The van der Waals surface area contributed by atoms with Crippen molar-refractivity contribution in [2.45, 2.75) is 26.1 Å². The highest BCUT2D eigenvalue weighted by molar-refractivity contribution is 6.49. The molecule has 1 aliphatic rings. The smallest absolute Gasteiger partial charge is 0.110 e. The van der Waals surface area contributed by atoms with Crippen molar-refractivity contribution in [3.8, 4) is 0 Å². The van der Waals surface area contributed by atoms with Crippen LogP contribution in [0, 0.1) is 0 Å². The first kappa shape index (κ1) is 4.95. The molecule has 0 N–H and O–H groups in total. The Morgan fingerprint density at radius 2 is 2.57 bits per heavy atom. The molecule has 0 radical (unpaired) electrons. The molecule has 0 nitrogen and oxygen atoms in total. The van der Waals surface area contributed by atoms with E-state index in [1.807, 2.05) is 0 Å². The molecule has 1 heteroatoms. The molecular formula is C6H11B. The van der Waals surface area contributed by atoms with Gasteiger partial charge in [-0.3, -0.25) is 0 Å². The van der Waals surface area contributed by atoms with Crippen molar-refractivity contribution in [3.05, 3.63) is 11.5 Å². The van der Waals surface area contributed by atoms with E-state index in [1.54, 1.807) is 5.47 Å². The Bertz CT molecular complexity index is 78.2. The Morgan fingerprint density at radius 3 is 2.71 bits per heavy atom. The predicted octanol–water partition coefficient (Wildman–Crippen LogP) is 1.54. The van der Waals surface area contributed by atoms with Crippen molar-refractivity contribution in [1.29, 1.82) is 0 Å². The van der Waals surface area contributed by atoms with Crippen LogP contribution in [0.3, 0.4) is 0 Å². The number of hydrogen-bond donors (Lipinski definition) is 0. The van der Waals surface area contributed by atoms with Gasteiger partial charge in [0.25, 0.3) is 0 Å². The molecule has 1 rings (SSSR count). The zero-order valence-corrected chi connectivity index (χ0v) is 4.91. The Balaban J connectivity index is 2.23. The van der Waals surface area contributed by atoms with Gasteiger partial charge in [-0.2, -0.15) is 0 Å². The molecular weight excluding hydrogens is 82.9 g/mol. The minimum absolute atomic E-state index is 1.23. The van der Waals surface area contributed by atoms with Crippen LogP contribution < -0.4 is 0 Å². The molecule has 0 atom stereocenters. The summed E-state index contributed by atoms with van der Waals surface area (Å²) in [6.07, 6.45) is 6.40. The molecule has 1 aliphatic heterocycles. The lowest BCUT2D eigenvalue weighted by Crippen LogP contribution is -2.07.